The highest BCUT2D eigenvalue weighted by Crippen LogP contribution is 2.35. The molecule has 3 rings (SSSR count). The van der Waals surface area contributed by atoms with E-state index in [1.807, 2.05) is 0 Å². The van der Waals surface area contributed by atoms with Gasteiger partial charge in [0.05, 0.1) is 38.0 Å². The van der Waals surface area contributed by atoms with Gasteiger partial charge in [-0.2, -0.15) is 0 Å². The third kappa shape index (κ3) is 5.29. The molecular formula is C25H27N3O8. The molecule has 2 aromatic rings. The maximum Gasteiger partial charge on any atom is 0.337 e. The summed E-state index contributed by atoms with van der Waals surface area (Å²) >= 11 is 0. The molecule has 0 radical (unpaired) electrons. The van der Waals surface area contributed by atoms with Gasteiger partial charge in [-0.1, -0.05) is 0 Å². The van der Waals surface area contributed by atoms with Crippen LogP contribution in [-0.4, -0.2) is 62.1 Å². The second kappa shape index (κ2) is 10.9. The molecule has 190 valence electrons. The zero-order chi connectivity index (χ0) is 26.6. The number of esters is 3. The van der Waals surface area contributed by atoms with E-state index in [-0.39, 0.29) is 24.3 Å². The molecule has 0 saturated carbocycles. The number of carbonyl (C=O) groups is 5. The number of amides is 2. The Kier molecular flexibility index (Phi) is 7.93. The second-order valence-electron chi connectivity index (χ2n) is 8.09. The monoisotopic (exact) mass is 497 g/mol. The van der Waals surface area contributed by atoms with Crippen LogP contribution in [0.2, 0.25) is 0 Å². The smallest absolute Gasteiger partial charge is 0.337 e. The SMILES string of the molecule is COC(=O)CC[C@@H](NC(=O)c1c(C)[nH]c(/C=C2\C(=O)Nc3ccc(C(=O)OC)cc32)c1C)C(=O)OC. The fraction of sp³-hybridized carbons (Fsp3) is 0.320. The average molecular weight is 498 g/mol. The number of carbonyl (C=O) groups excluding carboxylic acids is 5. The summed E-state index contributed by atoms with van der Waals surface area (Å²) in [5.74, 6) is -2.66. The Bertz CT molecular complexity index is 1270. The van der Waals surface area contributed by atoms with E-state index in [1.54, 1.807) is 38.1 Å². The Labute approximate surface area is 207 Å². The summed E-state index contributed by atoms with van der Waals surface area (Å²) in [5.41, 5.74) is 3.50. The van der Waals surface area contributed by atoms with Crippen LogP contribution in [0.4, 0.5) is 5.69 Å². The predicted octanol–water partition coefficient (Wildman–Crippen LogP) is 2.14. The maximum atomic E-state index is 13.1. The van der Waals surface area contributed by atoms with Gasteiger partial charge in [-0.25, -0.2) is 9.59 Å². The molecule has 2 amide bonds. The molecule has 0 bridgehead atoms. The summed E-state index contributed by atoms with van der Waals surface area (Å²) in [6.45, 7) is 3.38. The van der Waals surface area contributed by atoms with Crippen molar-refractivity contribution in [2.24, 2.45) is 0 Å². The van der Waals surface area contributed by atoms with Crippen molar-refractivity contribution in [1.82, 2.24) is 10.3 Å². The number of nitrogens with one attached hydrogen (secondary N) is 3. The third-order valence-corrected chi connectivity index (χ3v) is 5.87. The number of methoxy groups -OCH3 is 3. The van der Waals surface area contributed by atoms with Crippen LogP contribution in [0.15, 0.2) is 18.2 Å². The number of hydrogen-bond donors (Lipinski definition) is 3. The van der Waals surface area contributed by atoms with E-state index >= 15 is 0 Å². The molecule has 36 heavy (non-hydrogen) atoms. The third-order valence-electron chi connectivity index (χ3n) is 5.87. The molecule has 1 aliphatic heterocycles. The van der Waals surface area contributed by atoms with Gasteiger partial charge < -0.3 is 29.8 Å². The number of fused-ring (bicyclic) bond motifs is 1. The number of aromatic amines is 1. The number of H-pyrrole nitrogens is 1. The van der Waals surface area contributed by atoms with E-state index in [0.29, 0.717) is 39.3 Å². The van der Waals surface area contributed by atoms with Crippen molar-refractivity contribution < 1.29 is 38.2 Å². The minimum absolute atomic E-state index is 0.00396. The Morgan fingerprint density at radius 2 is 1.78 bits per heavy atom. The summed E-state index contributed by atoms with van der Waals surface area (Å²) in [6.07, 6.45) is 1.52. The number of ether oxygens (including phenoxy) is 3. The van der Waals surface area contributed by atoms with Gasteiger partial charge in [0.1, 0.15) is 6.04 Å². The van der Waals surface area contributed by atoms with Crippen LogP contribution in [0.25, 0.3) is 11.6 Å². The molecule has 1 atom stereocenters. The predicted molar refractivity (Wildman–Crippen MR) is 129 cm³/mol. The lowest BCUT2D eigenvalue weighted by atomic mass is 10.0. The topological polar surface area (TPSA) is 153 Å². The highest BCUT2D eigenvalue weighted by Gasteiger charge is 2.28. The van der Waals surface area contributed by atoms with E-state index < -0.39 is 29.9 Å². The Balaban J connectivity index is 1.92. The Hall–Kier alpha value is -4.41. The first-order valence-corrected chi connectivity index (χ1v) is 11.0. The van der Waals surface area contributed by atoms with Crippen molar-refractivity contribution in [2.75, 3.05) is 26.6 Å². The molecule has 0 saturated heterocycles. The lowest BCUT2D eigenvalue weighted by Crippen LogP contribution is -2.42. The number of benzene rings is 1. The number of anilines is 1. The van der Waals surface area contributed by atoms with Crippen LogP contribution in [0.3, 0.4) is 0 Å². The standard InChI is InChI=1S/C25H27N3O8/c1-12-19(11-16-15-10-14(24(32)35-4)6-7-17(15)27-22(16)30)26-13(2)21(12)23(31)28-18(25(33)36-5)8-9-20(29)34-3/h6-7,10-11,18,26H,8-9H2,1-5H3,(H,27,30)(H,28,31)/b16-11-/t18-/m1/s1. The van der Waals surface area contributed by atoms with Gasteiger partial charge in [-0.05, 0) is 50.1 Å². The summed E-state index contributed by atoms with van der Waals surface area (Å²) in [7, 11) is 3.69. The minimum atomic E-state index is -1.05. The first-order chi connectivity index (χ1) is 17.1. The lowest BCUT2D eigenvalue weighted by Gasteiger charge is -2.16. The molecule has 11 nitrogen and oxygen atoms in total. The van der Waals surface area contributed by atoms with Crippen LogP contribution in [-0.2, 0) is 28.6 Å². The van der Waals surface area contributed by atoms with E-state index in [4.69, 9.17) is 9.47 Å². The van der Waals surface area contributed by atoms with E-state index in [2.05, 4.69) is 20.4 Å². The van der Waals surface area contributed by atoms with Crippen molar-refractivity contribution in [3.8, 4) is 0 Å². The van der Waals surface area contributed by atoms with Crippen molar-refractivity contribution in [1.29, 1.82) is 0 Å². The van der Waals surface area contributed by atoms with Gasteiger partial charge in [0.25, 0.3) is 11.8 Å². The van der Waals surface area contributed by atoms with E-state index in [0.717, 1.165) is 0 Å². The molecule has 11 heteroatoms. The summed E-state index contributed by atoms with van der Waals surface area (Å²) in [4.78, 5) is 64.4. The van der Waals surface area contributed by atoms with Gasteiger partial charge in [-0.15, -0.1) is 0 Å². The largest absolute Gasteiger partial charge is 0.469 e. The Morgan fingerprint density at radius 1 is 1.06 bits per heavy atom. The van der Waals surface area contributed by atoms with Crippen LogP contribution in [0, 0.1) is 13.8 Å². The quantitative estimate of drug-likeness (QED) is 0.285. The molecule has 0 aliphatic carbocycles. The summed E-state index contributed by atoms with van der Waals surface area (Å²) in [6, 6.07) is 3.68. The van der Waals surface area contributed by atoms with Crippen LogP contribution in [0.1, 0.15) is 56.1 Å². The van der Waals surface area contributed by atoms with Crippen LogP contribution >= 0.6 is 0 Å². The van der Waals surface area contributed by atoms with Gasteiger partial charge >= 0.3 is 17.9 Å². The van der Waals surface area contributed by atoms with Gasteiger partial charge in [0, 0.05) is 29.1 Å². The number of hydrogen-bond acceptors (Lipinski definition) is 8. The summed E-state index contributed by atoms with van der Waals surface area (Å²) < 4.78 is 14.1. The van der Waals surface area contributed by atoms with Crippen LogP contribution in [0.5, 0.6) is 0 Å². The molecule has 0 spiro atoms. The zero-order valence-electron chi connectivity index (χ0n) is 20.6. The highest BCUT2D eigenvalue weighted by atomic mass is 16.5. The highest BCUT2D eigenvalue weighted by molar-refractivity contribution is 6.35. The minimum Gasteiger partial charge on any atom is -0.469 e. The van der Waals surface area contributed by atoms with Crippen LogP contribution < -0.4 is 10.6 Å². The molecule has 2 heterocycles. The average Bonchev–Trinajstić information content (AvgIpc) is 3.33. The Morgan fingerprint density at radius 3 is 2.42 bits per heavy atom. The maximum absolute atomic E-state index is 13.1. The first kappa shape index (κ1) is 26.2. The number of aromatic nitrogens is 1. The molecule has 1 aliphatic rings. The molecule has 3 N–H and O–H groups in total. The second-order valence-corrected chi connectivity index (χ2v) is 8.09. The zero-order valence-corrected chi connectivity index (χ0v) is 20.6. The van der Waals surface area contributed by atoms with E-state index in [1.165, 1.54) is 21.3 Å². The van der Waals surface area contributed by atoms with Crippen molar-refractivity contribution in [3.63, 3.8) is 0 Å². The van der Waals surface area contributed by atoms with Crippen molar-refractivity contribution >= 4 is 47.1 Å². The normalized spacial score (nSPS) is 14.0. The van der Waals surface area contributed by atoms with Gasteiger partial charge in [0.2, 0.25) is 0 Å². The molecule has 1 aromatic heterocycles. The van der Waals surface area contributed by atoms with E-state index in [9.17, 15) is 24.0 Å². The lowest BCUT2D eigenvalue weighted by molar-refractivity contribution is -0.144. The van der Waals surface area contributed by atoms with Gasteiger partial charge in [0.15, 0.2) is 0 Å². The molecule has 1 aromatic carbocycles. The number of aryl methyl sites for hydroxylation is 1. The van der Waals surface area contributed by atoms with Crippen molar-refractivity contribution in [3.05, 3.63) is 51.8 Å². The molecule has 0 unspecified atom stereocenters. The molecular weight excluding hydrogens is 470 g/mol. The molecule has 0 fully saturated rings. The fourth-order valence-electron chi connectivity index (χ4n) is 3.97. The summed E-state index contributed by atoms with van der Waals surface area (Å²) in [5, 5.41) is 5.36. The van der Waals surface area contributed by atoms with Gasteiger partial charge in [-0.3, -0.25) is 14.4 Å². The van der Waals surface area contributed by atoms with Crippen molar-refractivity contribution in [2.45, 2.75) is 32.7 Å². The first-order valence-electron chi connectivity index (χ1n) is 11.0. The number of rotatable bonds is 8. The fourth-order valence-corrected chi connectivity index (χ4v) is 3.97.